The fraction of sp³-hybridized carbons (Fsp3) is 0.250. The summed E-state index contributed by atoms with van der Waals surface area (Å²) in [4.78, 5) is 0. The van der Waals surface area contributed by atoms with E-state index in [2.05, 4.69) is 47.8 Å². The highest BCUT2D eigenvalue weighted by atomic mass is 35.5. The smallest absolute Gasteiger partial charge is 0.0847 e. The first-order valence-corrected chi connectivity index (χ1v) is 7.00. The van der Waals surface area contributed by atoms with Crippen molar-refractivity contribution in [2.45, 2.75) is 12.5 Å². The lowest BCUT2D eigenvalue weighted by molar-refractivity contribution is 0.211. The van der Waals surface area contributed by atoms with E-state index in [-0.39, 0.29) is 5.88 Å². The van der Waals surface area contributed by atoms with Gasteiger partial charge >= 0.3 is 0 Å². The maximum Gasteiger partial charge on any atom is 0.0847 e. The van der Waals surface area contributed by atoms with Gasteiger partial charge in [-0.15, -0.1) is 11.6 Å². The first-order valence-electron chi connectivity index (χ1n) is 6.47. The Morgan fingerprint density at radius 3 is 2.74 bits per heavy atom. The average molecular weight is 274 g/mol. The normalized spacial score (nSPS) is 13.8. The standard InChI is InChI=1S/C16H16ClNO/c17-9-14(19)10-18-13-5-6-16-12(8-13)7-11-3-1-2-4-15(11)16/h1-6,8,14,18-19H,7,9-10H2. The highest BCUT2D eigenvalue weighted by Crippen LogP contribution is 2.37. The molecule has 0 fully saturated rings. The van der Waals surface area contributed by atoms with Crippen molar-refractivity contribution < 1.29 is 5.11 Å². The molecule has 0 radical (unpaired) electrons. The van der Waals surface area contributed by atoms with Crippen LogP contribution in [0.2, 0.25) is 0 Å². The molecule has 0 aliphatic heterocycles. The third-order valence-electron chi connectivity index (χ3n) is 3.51. The van der Waals surface area contributed by atoms with Crippen LogP contribution in [-0.2, 0) is 6.42 Å². The highest BCUT2D eigenvalue weighted by Gasteiger charge is 2.17. The number of halogens is 1. The summed E-state index contributed by atoms with van der Waals surface area (Å²) in [6.45, 7) is 0.481. The molecule has 2 N–H and O–H groups in total. The third kappa shape index (κ3) is 2.46. The number of aliphatic hydroxyl groups excluding tert-OH is 1. The maximum absolute atomic E-state index is 9.46. The first-order chi connectivity index (χ1) is 9.28. The monoisotopic (exact) mass is 273 g/mol. The van der Waals surface area contributed by atoms with Crippen LogP contribution in [0.4, 0.5) is 5.69 Å². The first kappa shape index (κ1) is 12.5. The van der Waals surface area contributed by atoms with Gasteiger partial charge in [0, 0.05) is 12.2 Å². The Balaban J connectivity index is 1.81. The summed E-state index contributed by atoms with van der Waals surface area (Å²) in [5, 5.41) is 12.7. The quantitative estimate of drug-likeness (QED) is 0.715. The van der Waals surface area contributed by atoms with E-state index >= 15 is 0 Å². The van der Waals surface area contributed by atoms with E-state index in [1.165, 1.54) is 22.3 Å². The topological polar surface area (TPSA) is 32.3 Å². The van der Waals surface area contributed by atoms with E-state index in [4.69, 9.17) is 11.6 Å². The summed E-state index contributed by atoms with van der Waals surface area (Å²) in [5.74, 6) is 0.253. The fourth-order valence-electron chi connectivity index (χ4n) is 2.55. The van der Waals surface area contributed by atoms with E-state index in [0.29, 0.717) is 6.54 Å². The molecule has 1 atom stereocenters. The fourth-order valence-corrected chi connectivity index (χ4v) is 2.65. The highest BCUT2D eigenvalue weighted by molar-refractivity contribution is 6.18. The van der Waals surface area contributed by atoms with Crippen molar-refractivity contribution in [3.8, 4) is 11.1 Å². The van der Waals surface area contributed by atoms with E-state index in [0.717, 1.165) is 12.1 Å². The lowest BCUT2D eigenvalue weighted by Crippen LogP contribution is -2.20. The molecule has 1 unspecified atom stereocenters. The van der Waals surface area contributed by atoms with Gasteiger partial charge in [0.15, 0.2) is 0 Å². The van der Waals surface area contributed by atoms with Gasteiger partial charge in [-0.1, -0.05) is 30.3 Å². The zero-order valence-corrected chi connectivity index (χ0v) is 11.3. The minimum Gasteiger partial charge on any atom is -0.390 e. The average Bonchev–Trinajstić information content (AvgIpc) is 2.82. The van der Waals surface area contributed by atoms with Gasteiger partial charge in [-0.25, -0.2) is 0 Å². The van der Waals surface area contributed by atoms with Gasteiger partial charge in [0.05, 0.1) is 12.0 Å². The summed E-state index contributed by atoms with van der Waals surface area (Å²) in [6.07, 6.45) is 0.478. The SMILES string of the molecule is OC(CCl)CNc1ccc2c(c1)Cc1ccccc1-2. The summed E-state index contributed by atoms with van der Waals surface area (Å²) in [6, 6.07) is 14.9. The lowest BCUT2D eigenvalue weighted by atomic mass is 10.1. The number of hydrogen-bond acceptors (Lipinski definition) is 2. The minimum absolute atomic E-state index is 0.253. The molecule has 2 aromatic carbocycles. The van der Waals surface area contributed by atoms with Crippen molar-refractivity contribution in [3.05, 3.63) is 53.6 Å². The van der Waals surface area contributed by atoms with Crippen LogP contribution in [0.25, 0.3) is 11.1 Å². The van der Waals surface area contributed by atoms with Crippen molar-refractivity contribution in [1.29, 1.82) is 0 Å². The Kier molecular flexibility index (Phi) is 3.45. The van der Waals surface area contributed by atoms with Crippen LogP contribution in [0, 0.1) is 0 Å². The molecule has 1 aliphatic carbocycles. The largest absolute Gasteiger partial charge is 0.390 e. The molecule has 0 saturated carbocycles. The van der Waals surface area contributed by atoms with Crippen LogP contribution in [0.15, 0.2) is 42.5 Å². The summed E-state index contributed by atoms with van der Waals surface area (Å²) >= 11 is 5.58. The lowest BCUT2D eigenvalue weighted by Gasteiger charge is -2.11. The number of alkyl halides is 1. The number of fused-ring (bicyclic) bond motifs is 3. The van der Waals surface area contributed by atoms with Crippen LogP contribution in [0.5, 0.6) is 0 Å². The molecule has 0 bridgehead atoms. The number of hydrogen-bond donors (Lipinski definition) is 2. The molecular weight excluding hydrogens is 258 g/mol. The Morgan fingerprint density at radius 1 is 1.11 bits per heavy atom. The van der Waals surface area contributed by atoms with Gasteiger partial charge in [-0.2, -0.15) is 0 Å². The number of nitrogens with one attached hydrogen (secondary N) is 1. The van der Waals surface area contributed by atoms with Crippen molar-refractivity contribution in [3.63, 3.8) is 0 Å². The second-order valence-corrected chi connectivity index (χ2v) is 5.20. The molecule has 19 heavy (non-hydrogen) atoms. The summed E-state index contributed by atoms with van der Waals surface area (Å²) < 4.78 is 0. The van der Waals surface area contributed by atoms with Crippen molar-refractivity contribution in [2.24, 2.45) is 0 Å². The van der Waals surface area contributed by atoms with Gasteiger partial charge in [-0.05, 0) is 40.8 Å². The van der Waals surface area contributed by atoms with Crippen LogP contribution >= 0.6 is 11.6 Å². The molecule has 3 heteroatoms. The molecule has 2 aromatic rings. The molecule has 98 valence electrons. The molecule has 0 aromatic heterocycles. The second-order valence-electron chi connectivity index (χ2n) is 4.89. The summed E-state index contributed by atoms with van der Waals surface area (Å²) in [7, 11) is 0. The van der Waals surface area contributed by atoms with Crippen LogP contribution in [0.3, 0.4) is 0 Å². The second kappa shape index (κ2) is 5.24. The van der Waals surface area contributed by atoms with Crippen LogP contribution in [-0.4, -0.2) is 23.6 Å². The molecule has 3 rings (SSSR count). The van der Waals surface area contributed by atoms with Crippen molar-refractivity contribution in [1.82, 2.24) is 0 Å². The van der Waals surface area contributed by atoms with Crippen molar-refractivity contribution in [2.75, 3.05) is 17.7 Å². The maximum atomic E-state index is 9.46. The summed E-state index contributed by atoms with van der Waals surface area (Å²) in [5.41, 5.74) is 6.42. The number of rotatable bonds is 4. The van der Waals surface area contributed by atoms with E-state index in [1.807, 2.05) is 0 Å². The van der Waals surface area contributed by atoms with Gasteiger partial charge < -0.3 is 10.4 Å². The van der Waals surface area contributed by atoms with Gasteiger partial charge in [0.2, 0.25) is 0 Å². The van der Waals surface area contributed by atoms with Gasteiger partial charge in [0.1, 0.15) is 0 Å². The van der Waals surface area contributed by atoms with Crippen LogP contribution in [0.1, 0.15) is 11.1 Å². The molecular formula is C16H16ClNO. The van der Waals surface area contributed by atoms with Crippen LogP contribution < -0.4 is 5.32 Å². The van der Waals surface area contributed by atoms with Crippen molar-refractivity contribution >= 4 is 17.3 Å². The molecule has 0 amide bonds. The Hall–Kier alpha value is -1.51. The number of benzene rings is 2. The Morgan fingerprint density at radius 2 is 1.89 bits per heavy atom. The predicted molar refractivity (Wildman–Crippen MR) is 79.9 cm³/mol. The minimum atomic E-state index is -0.507. The number of aliphatic hydroxyl groups is 1. The van der Waals surface area contributed by atoms with Gasteiger partial charge in [0.25, 0.3) is 0 Å². The van der Waals surface area contributed by atoms with Gasteiger partial charge in [-0.3, -0.25) is 0 Å². The molecule has 1 aliphatic rings. The zero-order chi connectivity index (χ0) is 13.2. The third-order valence-corrected chi connectivity index (χ3v) is 3.87. The molecule has 2 nitrogen and oxygen atoms in total. The number of anilines is 1. The zero-order valence-electron chi connectivity index (χ0n) is 10.6. The Bertz CT molecular complexity index is 597. The molecule has 0 saturated heterocycles. The molecule has 0 heterocycles. The van der Waals surface area contributed by atoms with E-state index < -0.39 is 6.10 Å². The van der Waals surface area contributed by atoms with E-state index in [9.17, 15) is 5.11 Å². The molecule has 0 spiro atoms. The Labute approximate surface area is 118 Å². The van der Waals surface area contributed by atoms with E-state index in [1.54, 1.807) is 0 Å². The predicted octanol–water partition coefficient (Wildman–Crippen LogP) is 3.27.